The van der Waals surface area contributed by atoms with E-state index in [1.165, 1.54) is 12.8 Å². The predicted molar refractivity (Wildman–Crippen MR) is 69.3 cm³/mol. The van der Waals surface area contributed by atoms with E-state index in [9.17, 15) is 0 Å². The molecule has 1 saturated carbocycles. The predicted octanol–water partition coefficient (Wildman–Crippen LogP) is 1.97. The van der Waals surface area contributed by atoms with E-state index in [0.717, 1.165) is 29.4 Å². The number of methoxy groups -OCH3 is 1. The first-order valence-electron chi connectivity index (χ1n) is 6.18. The Bertz CT molecular complexity index is 453. The van der Waals surface area contributed by atoms with Gasteiger partial charge in [-0.05, 0) is 36.5 Å². The number of benzene rings is 1. The Balaban J connectivity index is 2.01. The van der Waals surface area contributed by atoms with Gasteiger partial charge in [-0.15, -0.1) is 0 Å². The molecule has 1 aromatic carbocycles. The number of ether oxygens (including phenoxy) is 2. The minimum absolute atomic E-state index is 0.147. The number of aliphatic hydroxyl groups excluding tert-OH is 1. The maximum atomic E-state index is 8.73. The van der Waals surface area contributed by atoms with Crippen LogP contribution in [-0.2, 0) is 11.3 Å². The zero-order valence-electron chi connectivity index (χ0n) is 10.6. The van der Waals surface area contributed by atoms with Crippen molar-refractivity contribution in [2.45, 2.75) is 19.4 Å². The monoisotopic (exact) mass is 246 g/mol. The summed E-state index contributed by atoms with van der Waals surface area (Å²) in [7, 11) is 1.61. The fourth-order valence-electron chi connectivity index (χ4n) is 1.71. The van der Waals surface area contributed by atoms with Crippen LogP contribution in [0.3, 0.4) is 0 Å². The fourth-order valence-corrected chi connectivity index (χ4v) is 1.71. The number of hydrogen-bond acceptors (Lipinski definition) is 3. The lowest BCUT2D eigenvalue weighted by atomic mass is 10.1. The SMILES string of the molecule is COc1ccc(COCC2CC2)cc1C#CCO. The van der Waals surface area contributed by atoms with Crippen LogP contribution in [0.15, 0.2) is 18.2 Å². The molecule has 1 N–H and O–H groups in total. The van der Waals surface area contributed by atoms with E-state index in [1.807, 2.05) is 18.2 Å². The molecule has 0 aliphatic heterocycles. The van der Waals surface area contributed by atoms with Crippen LogP contribution in [0.1, 0.15) is 24.0 Å². The van der Waals surface area contributed by atoms with Gasteiger partial charge in [-0.1, -0.05) is 17.9 Å². The molecule has 0 atom stereocenters. The van der Waals surface area contributed by atoms with Gasteiger partial charge in [0, 0.05) is 6.61 Å². The Kier molecular flexibility index (Phi) is 4.63. The van der Waals surface area contributed by atoms with Gasteiger partial charge in [-0.2, -0.15) is 0 Å². The molecule has 0 amide bonds. The highest BCUT2D eigenvalue weighted by atomic mass is 16.5. The molecule has 2 rings (SSSR count). The minimum atomic E-state index is -0.147. The van der Waals surface area contributed by atoms with Crippen molar-refractivity contribution in [1.82, 2.24) is 0 Å². The summed E-state index contributed by atoms with van der Waals surface area (Å²) in [5.74, 6) is 7.02. The third kappa shape index (κ3) is 3.76. The third-order valence-corrected chi connectivity index (χ3v) is 2.89. The summed E-state index contributed by atoms with van der Waals surface area (Å²) < 4.78 is 10.9. The molecule has 0 radical (unpaired) electrons. The van der Waals surface area contributed by atoms with E-state index >= 15 is 0 Å². The molecule has 0 saturated heterocycles. The van der Waals surface area contributed by atoms with Crippen molar-refractivity contribution in [2.24, 2.45) is 5.92 Å². The highest BCUT2D eigenvalue weighted by Gasteiger charge is 2.21. The van der Waals surface area contributed by atoms with Gasteiger partial charge in [-0.25, -0.2) is 0 Å². The van der Waals surface area contributed by atoms with Crippen LogP contribution >= 0.6 is 0 Å². The smallest absolute Gasteiger partial charge is 0.134 e. The molecule has 0 aromatic heterocycles. The normalized spacial score (nSPS) is 13.9. The van der Waals surface area contributed by atoms with Crippen molar-refractivity contribution in [1.29, 1.82) is 0 Å². The van der Waals surface area contributed by atoms with Crippen molar-refractivity contribution in [3.8, 4) is 17.6 Å². The molecular weight excluding hydrogens is 228 g/mol. The molecule has 0 bridgehead atoms. The summed E-state index contributed by atoms with van der Waals surface area (Å²) in [6.07, 6.45) is 2.60. The third-order valence-electron chi connectivity index (χ3n) is 2.89. The van der Waals surface area contributed by atoms with Crippen molar-refractivity contribution in [2.75, 3.05) is 20.3 Å². The largest absolute Gasteiger partial charge is 0.495 e. The summed E-state index contributed by atoms with van der Waals surface area (Å²) in [5, 5.41) is 8.73. The Morgan fingerprint density at radius 1 is 1.39 bits per heavy atom. The first-order chi connectivity index (χ1) is 8.83. The summed E-state index contributed by atoms with van der Waals surface area (Å²) in [6, 6.07) is 5.82. The van der Waals surface area contributed by atoms with Gasteiger partial charge in [0.05, 0.1) is 19.3 Å². The van der Waals surface area contributed by atoms with Crippen LogP contribution in [0.25, 0.3) is 0 Å². The second-order valence-electron chi connectivity index (χ2n) is 4.45. The van der Waals surface area contributed by atoms with Crippen molar-refractivity contribution < 1.29 is 14.6 Å². The number of aliphatic hydroxyl groups is 1. The lowest BCUT2D eigenvalue weighted by Gasteiger charge is -2.07. The lowest BCUT2D eigenvalue weighted by molar-refractivity contribution is 0.111. The second kappa shape index (κ2) is 6.44. The number of rotatable bonds is 5. The maximum Gasteiger partial charge on any atom is 0.134 e. The van der Waals surface area contributed by atoms with E-state index in [4.69, 9.17) is 14.6 Å². The molecular formula is C15H18O3. The van der Waals surface area contributed by atoms with Gasteiger partial charge in [0.15, 0.2) is 0 Å². The number of hydrogen-bond donors (Lipinski definition) is 1. The molecule has 1 aliphatic rings. The minimum Gasteiger partial charge on any atom is -0.495 e. The van der Waals surface area contributed by atoms with Crippen LogP contribution < -0.4 is 4.74 Å². The summed E-state index contributed by atoms with van der Waals surface area (Å²) >= 11 is 0. The van der Waals surface area contributed by atoms with E-state index in [1.54, 1.807) is 7.11 Å². The maximum absolute atomic E-state index is 8.73. The van der Waals surface area contributed by atoms with Gasteiger partial charge in [0.25, 0.3) is 0 Å². The Morgan fingerprint density at radius 2 is 2.22 bits per heavy atom. The van der Waals surface area contributed by atoms with Crippen molar-refractivity contribution in [3.63, 3.8) is 0 Å². The average Bonchev–Trinajstić information content (AvgIpc) is 3.20. The van der Waals surface area contributed by atoms with E-state index in [-0.39, 0.29) is 6.61 Å². The van der Waals surface area contributed by atoms with Gasteiger partial charge in [-0.3, -0.25) is 0 Å². The molecule has 0 unspecified atom stereocenters. The molecule has 0 heterocycles. The van der Waals surface area contributed by atoms with E-state index in [2.05, 4.69) is 11.8 Å². The second-order valence-corrected chi connectivity index (χ2v) is 4.45. The summed E-state index contributed by atoms with van der Waals surface area (Å²) in [6.45, 7) is 1.31. The molecule has 1 fully saturated rings. The summed E-state index contributed by atoms with van der Waals surface area (Å²) in [5.41, 5.74) is 1.87. The van der Waals surface area contributed by atoms with Crippen LogP contribution in [0.4, 0.5) is 0 Å². The van der Waals surface area contributed by atoms with Crippen LogP contribution in [0, 0.1) is 17.8 Å². The fraction of sp³-hybridized carbons (Fsp3) is 0.467. The van der Waals surface area contributed by atoms with E-state index in [0.29, 0.717) is 6.61 Å². The quantitative estimate of drug-likeness (QED) is 0.807. The molecule has 3 nitrogen and oxygen atoms in total. The highest BCUT2D eigenvalue weighted by molar-refractivity contribution is 5.48. The zero-order chi connectivity index (χ0) is 12.8. The highest BCUT2D eigenvalue weighted by Crippen LogP contribution is 2.29. The van der Waals surface area contributed by atoms with Gasteiger partial charge < -0.3 is 14.6 Å². The lowest BCUT2D eigenvalue weighted by Crippen LogP contribution is -1.98. The van der Waals surface area contributed by atoms with Crippen LogP contribution in [0.5, 0.6) is 5.75 Å². The van der Waals surface area contributed by atoms with Crippen LogP contribution in [0.2, 0.25) is 0 Å². The summed E-state index contributed by atoms with van der Waals surface area (Å²) in [4.78, 5) is 0. The Morgan fingerprint density at radius 3 is 2.89 bits per heavy atom. The Labute approximate surface area is 108 Å². The molecule has 96 valence electrons. The Hall–Kier alpha value is -1.50. The van der Waals surface area contributed by atoms with Crippen molar-refractivity contribution in [3.05, 3.63) is 29.3 Å². The van der Waals surface area contributed by atoms with E-state index < -0.39 is 0 Å². The topological polar surface area (TPSA) is 38.7 Å². The molecule has 1 aliphatic carbocycles. The molecule has 3 heteroatoms. The standard InChI is InChI=1S/C15H18O3/c1-17-15-7-6-13(9-14(15)3-2-8-16)11-18-10-12-4-5-12/h6-7,9,12,16H,4-5,8,10-11H2,1H3. The van der Waals surface area contributed by atoms with Crippen molar-refractivity contribution >= 4 is 0 Å². The first-order valence-corrected chi connectivity index (χ1v) is 6.18. The first kappa shape index (κ1) is 12.9. The van der Waals surface area contributed by atoms with Crippen LogP contribution in [-0.4, -0.2) is 25.4 Å². The molecule has 0 spiro atoms. The van der Waals surface area contributed by atoms with Gasteiger partial charge in [0.1, 0.15) is 12.4 Å². The zero-order valence-corrected chi connectivity index (χ0v) is 10.6. The van der Waals surface area contributed by atoms with Gasteiger partial charge >= 0.3 is 0 Å². The van der Waals surface area contributed by atoms with Gasteiger partial charge in [0.2, 0.25) is 0 Å². The molecule has 1 aromatic rings. The average molecular weight is 246 g/mol. The molecule has 18 heavy (non-hydrogen) atoms.